The third kappa shape index (κ3) is 3.10. The Morgan fingerprint density at radius 2 is 1.95 bits per heavy atom. The van der Waals surface area contributed by atoms with Gasteiger partial charge in [0.1, 0.15) is 0 Å². The molecule has 0 radical (unpaired) electrons. The van der Waals surface area contributed by atoms with Gasteiger partial charge >= 0.3 is 0 Å². The molecule has 1 fully saturated rings. The molecule has 1 aliphatic heterocycles. The predicted octanol–water partition coefficient (Wildman–Crippen LogP) is 2.26. The van der Waals surface area contributed by atoms with Crippen LogP contribution in [0.4, 0.5) is 0 Å². The highest BCUT2D eigenvalue weighted by atomic mass is 16.2. The molecule has 4 nitrogen and oxygen atoms in total. The Balaban J connectivity index is 1.58. The van der Waals surface area contributed by atoms with Crippen molar-refractivity contribution in [1.82, 2.24) is 14.9 Å². The van der Waals surface area contributed by atoms with E-state index < -0.39 is 0 Å². The molecule has 3 rings (SSSR count). The van der Waals surface area contributed by atoms with Crippen molar-refractivity contribution in [1.29, 1.82) is 0 Å². The lowest BCUT2D eigenvalue weighted by atomic mass is 9.95. The van der Waals surface area contributed by atoms with Gasteiger partial charge in [0.05, 0.1) is 6.42 Å². The van der Waals surface area contributed by atoms with E-state index in [0.717, 1.165) is 35.7 Å². The van der Waals surface area contributed by atoms with Gasteiger partial charge in [0.2, 0.25) is 5.91 Å². The number of amides is 1. The molecular weight excluding hydrogens is 262 g/mol. The number of carbonyl (C=O) groups excluding carboxylic acids is 1. The summed E-state index contributed by atoms with van der Waals surface area (Å²) in [6.07, 6.45) is 2.27. The standard InChI is InChI=1S/C17H19N3O/c1-12-7-14(8-13(2)19-12)9-17(21)20-10-15(11-20)16-5-3-4-6-18-16/h3-8,15H,9-11H2,1-2H3. The van der Waals surface area contributed by atoms with Crippen LogP contribution in [-0.4, -0.2) is 33.9 Å². The molecule has 0 N–H and O–H groups in total. The first-order chi connectivity index (χ1) is 10.1. The van der Waals surface area contributed by atoms with Crippen molar-refractivity contribution in [3.63, 3.8) is 0 Å². The normalized spacial score (nSPS) is 14.9. The summed E-state index contributed by atoms with van der Waals surface area (Å²) in [6.45, 7) is 5.47. The summed E-state index contributed by atoms with van der Waals surface area (Å²) < 4.78 is 0. The number of likely N-dealkylation sites (tertiary alicyclic amines) is 1. The average molecular weight is 281 g/mol. The maximum absolute atomic E-state index is 12.3. The van der Waals surface area contributed by atoms with E-state index in [-0.39, 0.29) is 5.91 Å². The number of aryl methyl sites for hydroxylation is 2. The lowest BCUT2D eigenvalue weighted by molar-refractivity contribution is -0.134. The number of pyridine rings is 2. The zero-order valence-electron chi connectivity index (χ0n) is 12.4. The largest absolute Gasteiger partial charge is 0.341 e. The second-order valence-corrected chi connectivity index (χ2v) is 5.69. The fraction of sp³-hybridized carbons (Fsp3) is 0.353. The maximum atomic E-state index is 12.3. The second-order valence-electron chi connectivity index (χ2n) is 5.69. The minimum atomic E-state index is 0.187. The van der Waals surface area contributed by atoms with Gasteiger partial charge < -0.3 is 4.90 Å². The average Bonchev–Trinajstić information content (AvgIpc) is 2.36. The van der Waals surface area contributed by atoms with Crippen molar-refractivity contribution in [2.24, 2.45) is 0 Å². The van der Waals surface area contributed by atoms with E-state index in [9.17, 15) is 4.79 Å². The Kier molecular flexibility index (Phi) is 3.69. The zero-order valence-corrected chi connectivity index (χ0v) is 12.4. The van der Waals surface area contributed by atoms with Crippen molar-refractivity contribution in [3.05, 3.63) is 59.2 Å². The van der Waals surface area contributed by atoms with Crippen molar-refractivity contribution in [2.75, 3.05) is 13.1 Å². The minimum absolute atomic E-state index is 0.187. The van der Waals surface area contributed by atoms with Crippen LogP contribution < -0.4 is 0 Å². The minimum Gasteiger partial charge on any atom is -0.341 e. The second kappa shape index (κ2) is 5.64. The highest BCUT2D eigenvalue weighted by molar-refractivity contribution is 5.79. The molecule has 0 aliphatic carbocycles. The third-order valence-corrected chi connectivity index (χ3v) is 3.84. The van der Waals surface area contributed by atoms with Gasteiger partial charge in [-0.3, -0.25) is 14.8 Å². The molecule has 0 atom stereocenters. The smallest absolute Gasteiger partial charge is 0.227 e. The molecule has 1 amide bonds. The topological polar surface area (TPSA) is 46.1 Å². The van der Waals surface area contributed by atoms with Crippen LogP contribution in [0.5, 0.6) is 0 Å². The Labute approximate surface area is 124 Å². The van der Waals surface area contributed by atoms with Gasteiger partial charge in [0.25, 0.3) is 0 Å². The molecule has 0 saturated carbocycles. The van der Waals surface area contributed by atoms with Crippen LogP contribution in [0.3, 0.4) is 0 Å². The van der Waals surface area contributed by atoms with Gasteiger partial charge in [0.15, 0.2) is 0 Å². The van der Waals surface area contributed by atoms with Gasteiger partial charge in [-0.15, -0.1) is 0 Å². The van der Waals surface area contributed by atoms with Crippen LogP contribution >= 0.6 is 0 Å². The van der Waals surface area contributed by atoms with Gasteiger partial charge in [-0.2, -0.15) is 0 Å². The first kappa shape index (κ1) is 13.7. The van der Waals surface area contributed by atoms with Crippen molar-refractivity contribution >= 4 is 5.91 Å². The van der Waals surface area contributed by atoms with E-state index in [4.69, 9.17) is 0 Å². The number of carbonyl (C=O) groups is 1. The monoisotopic (exact) mass is 281 g/mol. The van der Waals surface area contributed by atoms with Crippen LogP contribution in [0, 0.1) is 13.8 Å². The summed E-state index contributed by atoms with van der Waals surface area (Å²) in [7, 11) is 0. The van der Waals surface area contributed by atoms with E-state index in [2.05, 4.69) is 9.97 Å². The predicted molar refractivity (Wildman–Crippen MR) is 81.0 cm³/mol. The van der Waals surface area contributed by atoms with Crippen LogP contribution in [0.2, 0.25) is 0 Å². The summed E-state index contributed by atoms with van der Waals surface area (Å²) in [5, 5.41) is 0. The van der Waals surface area contributed by atoms with Crippen molar-refractivity contribution in [3.8, 4) is 0 Å². The first-order valence-corrected chi connectivity index (χ1v) is 7.24. The summed E-state index contributed by atoms with van der Waals surface area (Å²) in [6, 6.07) is 9.92. The van der Waals surface area contributed by atoms with Crippen molar-refractivity contribution < 1.29 is 4.79 Å². The Morgan fingerprint density at radius 1 is 1.24 bits per heavy atom. The number of rotatable bonds is 3. The van der Waals surface area contributed by atoms with Crippen molar-refractivity contribution in [2.45, 2.75) is 26.2 Å². The maximum Gasteiger partial charge on any atom is 0.227 e. The van der Waals surface area contributed by atoms with E-state index >= 15 is 0 Å². The molecule has 2 aromatic rings. The van der Waals surface area contributed by atoms with Gasteiger partial charge in [0, 0.05) is 42.3 Å². The fourth-order valence-electron chi connectivity index (χ4n) is 2.80. The molecule has 3 heterocycles. The van der Waals surface area contributed by atoms with Gasteiger partial charge in [-0.1, -0.05) is 6.07 Å². The van der Waals surface area contributed by atoms with E-state index in [1.54, 1.807) is 0 Å². The SMILES string of the molecule is Cc1cc(CC(=O)N2CC(c3ccccn3)C2)cc(C)n1. The highest BCUT2D eigenvalue weighted by Gasteiger charge is 2.32. The van der Waals surface area contributed by atoms with Gasteiger partial charge in [-0.25, -0.2) is 0 Å². The highest BCUT2D eigenvalue weighted by Crippen LogP contribution is 2.25. The van der Waals surface area contributed by atoms with Gasteiger partial charge in [-0.05, 0) is 43.7 Å². The molecule has 1 aliphatic rings. The molecule has 0 bridgehead atoms. The van der Waals surface area contributed by atoms with Crippen LogP contribution in [0.15, 0.2) is 36.5 Å². The summed E-state index contributed by atoms with van der Waals surface area (Å²) in [4.78, 5) is 22.9. The molecule has 0 unspecified atom stereocenters. The number of nitrogens with zero attached hydrogens (tertiary/aromatic N) is 3. The molecule has 0 aromatic carbocycles. The quantitative estimate of drug-likeness (QED) is 0.867. The third-order valence-electron chi connectivity index (χ3n) is 3.84. The lowest BCUT2D eigenvalue weighted by Gasteiger charge is -2.39. The molecule has 4 heteroatoms. The van der Waals surface area contributed by atoms with E-state index in [0.29, 0.717) is 12.3 Å². The Hall–Kier alpha value is -2.23. The fourth-order valence-corrected chi connectivity index (χ4v) is 2.80. The Bertz CT molecular complexity index is 628. The molecule has 1 saturated heterocycles. The first-order valence-electron chi connectivity index (χ1n) is 7.24. The number of hydrogen-bond acceptors (Lipinski definition) is 3. The van der Waals surface area contributed by atoms with Crippen LogP contribution in [0.25, 0.3) is 0 Å². The summed E-state index contributed by atoms with van der Waals surface area (Å²) >= 11 is 0. The molecule has 21 heavy (non-hydrogen) atoms. The van der Waals surface area contributed by atoms with Crippen LogP contribution in [-0.2, 0) is 11.2 Å². The van der Waals surface area contributed by atoms with E-state index in [1.807, 2.05) is 55.3 Å². The Morgan fingerprint density at radius 3 is 2.57 bits per heavy atom. The number of aromatic nitrogens is 2. The summed E-state index contributed by atoms with van der Waals surface area (Å²) in [5.41, 5.74) is 4.06. The molecular formula is C17H19N3O. The number of hydrogen-bond donors (Lipinski definition) is 0. The zero-order chi connectivity index (χ0) is 14.8. The van der Waals surface area contributed by atoms with E-state index in [1.165, 1.54) is 0 Å². The molecule has 108 valence electrons. The van der Waals surface area contributed by atoms with Crippen LogP contribution in [0.1, 0.15) is 28.6 Å². The molecule has 2 aromatic heterocycles. The lowest BCUT2D eigenvalue weighted by Crippen LogP contribution is -2.49. The summed E-state index contributed by atoms with van der Waals surface area (Å²) in [5.74, 6) is 0.572. The molecule has 0 spiro atoms.